The second-order valence-corrected chi connectivity index (χ2v) is 9.25. The zero-order valence-electron chi connectivity index (χ0n) is 21.9. The second-order valence-electron chi connectivity index (χ2n) is 8.98. The molecule has 2 amide bonds. The van der Waals surface area contributed by atoms with Crippen molar-refractivity contribution in [1.29, 1.82) is 0 Å². The van der Waals surface area contributed by atoms with Gasteiger partial charge in [0.25, 0.3) is 5.91 Å². The van der Waals surface area contributed by atoms with Crippen LogP contribution in [0.5, 0.6) is 0 Å². The number of hydrogen-bond donors (Lipinski definition) is 3. The lowest BCUT2D eigenvalue weighted by Crippen LogP contribution is -2.29. The molecule has 39 heavy (non-hydrogen) atoms. The number of rotatable bonds is 8. The Morgan fingerprint density at radius 2 is 1.85 bits per heavy atom. The Bertz CT molecular complexity index is 1320. The van der Waals surface area contributed by atoms with Crippen LogP contribution in [0.2, 0.25) is 0 Å². The fourth-order valence-electron chi connectivity index (χ4n) is 4.03. The third-order valence-electron chi connectivity index (χ3n) is 6.05. The Hall–Kier alpha value is -4.17. The average molecular weight is 550 g/mol. The number of nitrogens with one attached hydrogen (secondary N) is 2. The summed E-state index contributed by atoms with van der Waals surface area (Å²) in [5.41, 5.74) is 10.6. The molecule has 1 fully saturated rings. The Morgan fingerprint density at radius 3 is 2.54 bits per heavy atom. The third kappa shape index (κ3) is 9.57. The largest absolute Gasteiger partial charge is 0.384 e. The number of aryl methyl sites for hydroxylation is 1. The lowest BCUT2D eigenvalue weighted by atomic mass is 10.1. The van der Waals surface area contributed by atoms with Gasteiger partial charge in [-0.25, -0.2) is 4.39 Å². The van der Waals surface area contributed by atoms with Crippen LogP contribution in [0.1, 0.15) is 40.7 Å². The number of nitrogens with zero attached hydrogens (tertiary/aromatic N) is 2. The minimum atomic E-state index is -0.331. The molecular weight excluding hydrogens is 517 g/mol. The molecule has 0 bridgehead atoms. The molecule has 4 N–H and O–H groups in total. The highest BCUT2D eigenvalue weighted by Crippen LogP contribution is 2.25. The first-order valence-electron chi connectivity index (χ1n) is 12.7. The molecule has 3 aromatic rings. The predicted octanol–water partition coefficient (Wildman–Crippen LogP) is 6.24. The van der Waals surface area contributed by atoms with Crippen LogP contribution in [0.25, 0.3) is 0 Å². The fraction of sp³-hybridized carbons (Fsp3) is 0.233. The molecule has 204 valence electrons. The maximum Gasteiger partial charge on any atom is 0.255 e. The average Bonchev–Trinajstić information content (AvgIpc) is 2.95. The third-order valence-corrected chi connectivity index (χ3v) is 6.36. The quantitative estimate of drug-likeness (QED) is 0.134. The molecule has 0 aliphatic carbocycles. The number of nitrogens with two attached hydrogens (primary N) is 1. The lowest BCUT2D eigenvalue weighted by molar-refractivity contribution is -0.106. The second kappa shape index (κ2) is 15.3. The van der Waals surface area contributed by atoms with Gasteiger partial charge in [0.05, 0.1) is 0 Å². The van der Waals surface area contributed by atoms with Crippen molar-refractivity contribution in [3.8, 4) is 0 Å². The number of anilines is 3. The van der Waals surface area contributed by atoms with Crippen LogP contribution in [-0.4, -0.2) is 31.2 Å². The van der Waals surface area contributed by atoms with Crippen LogP contribution in [0.15, 0.2) is 84.0 Å². The zero-order valence-corrected chi connectivity index (χ0v) is 22.6. The minimum absolute atomic E-state index is 0.0777. The maximum absolute atomic E-state index is 12.7. The van der Waals surface area contributed by atoms with E-state index in [1.54, 1.807) is 12.1 Å². The number of hydrogen-bond acceptors (Lipinski definition) is 4. The Labute approximate surface area is 233 Å². The van der Waals surface area contributed by atoms with Gasteiger partial charge in [0, 0.05) is 47.8 Å². The van der Waals surface area contributed by atoms with Crippen LogP contribution in [0, 0.1) is 12.7 Å². The molecule has 0 saturated carbocycles. The summed E-state index contributed by atoms with van der Waals surface area (Å²) in [6.45, 7) is 4.28. The van der Waals surface area contributed by atoms with E-state index in [4.69, 9.17) is 17.3 Å². The molecule has 1 saturated heterocycles. The van der Waals surface area contributed by atoms with Gasteiger partial charge in [-0.1, -0.05) is 18.2 Å². The normalized spacial score (nSPS) is 13.4. The molecule has 0 aromatic heterocycles. The summed E-state index contributed by atoms with van der Waals surface area (Å²) in [5.74, 6) is 0.0534. The molecule has 9 heteroatoms. The number of piperidine rings is 1. The smallest absolute Gasteiger partial charge is 0.255 e. The van der Waals surface area contributed by atoms with Crippen molar-refractivity contribution in [2.45, 2.75) is 32.1 Å². The molecule has 4 rings (SSSR count). The number of alkyl halides is 1. The van der Waals surface area contributed by atoms with E-state index in [-0.39, 0.29) is 17.6 Å². The SMILES string of the molecule is Cc1cc(N2CCCCC2)ccc1NC(=O)c1cccc(CCl)c1.NC(/C=C\Nc1cccc(F)c1)=NC=O. The standard InChI is InChI=1S/C20H23ClN2O.C10H10FN3O/c1-15-12-18(23-10-3-2-4-11-23)8-9-19(15)22-20(24)17-7-5-6-16(13-17)14-21;11-8-2-1-3-9(6-8)13-5-4-10(12)14-7-15/h5-9,12-13H,2-4,10-11,14H2,1H3,(H,22,24);1-7,13H,(H2,12,14,15)/b;5-4-. The van der Waals surface area contributed by atoms with Crippen LogP contribution in [0.4, 0.5) is 21.5 Å². The van der Waals surface area contributed by atoms with Gasteiger partial charge in [-0.05, 0) is 91.9 Å². The fourth-order valence-corrected chi connectivity index (χ4v) is 4.20. The number of carbonyl (C=O) groups is 2. The highest BCUT2D eigenvalue weighted by atomic mass is 35.5. The maximum atomic E-state index is 12.7. The molecule has 0 atom stereocenters. The van der Waals surface area contributed by atoms with Crippen molar-refractivity contribution in [1.82, 2.24) is 0 Å². The van der Waals surface area contributed by atoms with Gasteiger partial charge in [-0.3, -0.25) is 9.59 Å². The Kier molecular flexibility index (Phi) is 11.5. The molecule has 1 aliphatic rings. The first kappa shape index (κ1) is 29.4. The first-order chi connectivity index (χ1) is 18.9. The van der Waals surface area contributed by atoms with Gasteiger partial charge >= 0.3 is 0 Å². The number of halogens is 2. The van der Waals surface area contributed by atoms with Gasteiger partial charge in [0.1, 0.15) is 11.7 Å². The van der Waals surface area contributed by atoms with Crippen LogP contribution < -0.4 is 21.3 Å². The van der Waals surface area contributed by atoms with Crippen LogP contribution in [-0.2, 0) is 10.7 Å². The van der Waals surface area contributed by atoms with Crippen LogP contribution in [0.3, 0.4) is 0 Å². The van der Waals surface area contributed by atoms with Crippen molar-refractivity contribution in [3.63, 3.8) is 0 Å². The molecular formula is C30H33ClFN5O2. The summed E-state index contributed by atoms with van der Waals surface area (Å²) in [4.78, 5) is 28.1. The van der Waals surface area contributed by atoms with Gasteiger partial charge < -0.3 is 21.3 Å². The molecule has 7 nitrogen and oxygen atoms in total. The monoisotopic (exact) mass is 549 g/mol. The summed E-state index contributed by atoms with van der Waals surface area (Å²) in [6.07, 6.45) is 7.06. The predicted molar refractivity (Wildman–Crippen MR) is 158 cm³/mol. The van der Waals surface area contributed by atoms with Gasteiger partial charge in [0.15, 0.2) is 0 Å². The first-order valence-corrected chi connectivity index (χ1v) is 13.2. The number of carbonyl (C=O) groups excluding carboxylic acids is 2. The number of benzene rings is 3. The summed E-state index contributed by atoms with van der Waals surface area (Å²) in [5, 5.41) is 5.78. The van der Waals surface area contributed by atoms with E-state index < -0.39 is 0 Å². The number of aliphatic imine (C=N–C) groups is 1. The van der Waals surface area contributed by atoms with E-state index in [1.807, 2.05) is 37.3 Å². The topological polar surface area (TPSA) is 99.8 Å². The summed E-state index contributed by atoms with van der Waals surface area (Å²) < 4.78 is 12.7. The van der Waals surface area contributed by atoms with E-state index in [0.717, 1.165) is 29.9 Å². The zero-order chi connectivity index (χ0) is 28.0. The summed E-state index contributed by atoms with van der Waals surface area (Å²) in [6, 6.07) is 19.6. The van der Waals surface area contributed by atoms with Gasteiger partial charge in [-0.2, -0.15) is 4.99 Å². The number of amides is 2. The van der Waals surface area contributed by atoms with Crippen LogP contribution >= 0.6 is 11.6 Å². The molecule has 0 radical (unpaired) electrons. The van der Waals surface area contributed by atoms with Crippen molar-refractivity contribution in [2.75, 3.05) is 28.6 Å². The number of amidine groups is 1. The van der Waals surface area contributed by atoms with E-state index >= 15 is 0 Å². The molecule has 1 aliphatic heterocycles. The van der Waals surface area contributed by atoms with Crippen molar-refractivity contribution in [2.24, 2.45) is 10.7 Å². The van der Waals surface area contributed by atoms with E-state index in [1.165, 1.54) is 49.4 Å². The molecule has 3 aromatic carbocycles. The van der Waals surface area contributed by atoms with Crippen molar-refractivity contribution >= 4 is 46.8 Å². The highest BCUT2D eigenvalue weighted by molar-refractivity contribution is 6.17. The molecule has 0 unspecified atom stereocenters. The minimum Gasteiger partial charge on any atom is -0.384 e. The van der Waals surface area contributed by atoms with E-state index in [9.17, 15) is 14.0 Å². The summed E-state index contributed by atoms with van der Waals surface area (Å²) in [7, 11) is 0. The van der Waals surface area contributed by atoms with Gasteiger partial charge in [0.2, 0.25) is 6.41 Å². The van der Waals surface area contributed by atoms with Gasteiger partial charge in [-0.15, -0.1) is 11.6 Å². The Balaban J connectivity index is 0.000000242. The van der Waals surface area contributed by atoms with E-state index in [0.29, 0.717) is 23.5 Å². The summed E-state index contributed by atoms with van der Waals surface area (Å²) >= 11 is 5.84. The van der Waals surface area contributed by atoms with Crippen molar-refractivity contribution < 1.29 is 14.0 Å². The Morgan fingerprint density at radius 1 is 1.08 bits per heavy atom. The lowest BCUT2D eigenvalue weighted by Gasteiger charge is -2.29. The highest BCUT2D eigenvalue weighted by Gasteiger charge is 2.13. The molecule has 0 spiro atoms. The van der Waals surface area contributed by atoms with Crippen molar-refractivity contribution in [3.05, 3.63) is 102 Å². The molecule has 1 heterocycles. The van der Waals surface area contributed by atoms with E-state index in [2.05, 4.69) is 32.7 Å².